The van der Waals surface area contributed by atoms with Crippen LogP contribution in [0.1, 0.15) is 23.4 Å². The summed E-state index contributed by atoms with van der Waals surface area (Å²) in [5, 5.41) is 10.1. The number of benzene rings is 1. The molecule has 0 saturated carbocycles. The minimum absolute atomic E-state index is 0.0631. The second-order valence-electron chi connectivity index (χ2n) is 4.28. The lowest BCUT2D eigenvalue weighted by Gasteiger charge is -2.16. The number of carbonyl (C=O) groups is 1. The van der Waals surface area contributed by atoms with E-state index >= 15 is 0 Å². The van der Waals surface area contributed by atoms with Crippen LogP contribution in [0.25, 0.3) is 11.0 Å². The number of carboxylic acids is 1. The molecule has 2 aromatic rings. The lowest BCUT2D eigenvalue weighted by atomic mass is 10.2. The summed E-state index contributed by atoms with van der Waals surface area (Å²) in [5.74, 6) is -0.934. The molecule has 0 bridgehead atoms. The Labute approximate surface area is 98.4 Å². The van der Waals surface area contributed by atoms with Gasteiger partial charge in [-0.3, -0.25) is 0 Å². The number of fused-ring (bicyclic) bond motifs is 1. The van der Waals surface area contributed by atoms with Gasteiger partial charge in [0.1, 0.15) is 5.58 Å². The molecule has 17 heavy (non-hydrogen) atoms. The molecule has 4 heteroatoms. The van der Waals surface area contributed by atoms with E-state index in [2.05, 4.69) is 4.90 Å². The molecule has 1 aliphatic heterocycles. The van der Waals surface area contributed by atoms with Gasteiger partial charge in [0.15, 0.2) is 0 Å². The van der Waals surface area contributed by atoms with Gasteiger partial charge in [0.05, 0.1) is 5.69 Å². The summed E-state index contributed by atoms with van der Waals surface area (Å²) in [5.41, 5.74) is 1.39. The van der Waals surface area contributed by atoms with Crippen molar-refractivity contribution in [3.8, 4) is 0 Å². The van der Waals surface area contributed by atoms with Crippen LogP contribution in [-0.4, -0.2) is 24.2 Å². The lowest BCUT2D eigenvalue weighted by Crippen LogP contribution is -2.19. The van der Waals surface area contributed by atoms with E-state index in [1.54, 1.807) is 6.07 Å². The summed E-state index contributed by atoms with van der Waals surface area (Å²) in [6.07, 6.45) is 2.22. The first-order chi connectivity index (χ1) is 8.27. The second kappa shape index (κ2) is 3.80. The Hall–Kier alpha value is -1.97. The monoisotopic (exact) mass is 231 g/mol. The third-order valence-electron chi connectivity index (χ3n) is 3.19. The van der Waals surface area contributed by atoms with Gasteiger partial charge in [-0.2, -0.15) is 0 Å². The number of anilines is 1. The SMILES string of the molecule is O=C(O)c1oc2ccccc2c1N1CCCC1. The second-order valence-corrected chi connectivity index (χ2v) is 4.28. The van der Waals surface area contributed by atoms with Crippen molar-refractivity contribution in [3.05, 3.63) is 30.0 Å². The van der Waals surface area contributed by atoms with Crippen molar-refractivity contribution in [2.75, 3.05) is 18.0 Å². The van der Waals surface area contributed by atoms with E-state index in [4.69, 9.17) is 4.42 Å². The minimum Gasteiger partial charge on any atom is -0.475 e. The van der Waals surface area contributed by atoms with Crippen LogP contribution in [0.2, 0.25) is 0 Å². The van der Waals surface area contributed by atoms with Gasteiger partial charge in [-0.25, -0.2) is 4.79 Å². The van der Waals surface area contributed by atoms with Gasteiger partial charge in [0, 0.05) is 18.5 Å². The summed E-state index contributed by atoms with van der Waals surface area (Å²) in [4.78, 5) is 13.3. The van der Waals surface area contributed by atoms with Gasteiger partial charge in [0.2, 0.25) is 5.76 Å². The van der Waals surface area contributed by atoms with Crippen molar-refractivity contribution in [1.29, 1.82) is 0 Å². The lowest BCUT2D eigenvalue weighted by molar-refractivity contribution is 0.0666. The van der Waals surface area contributed by atoms with Crippen molar-refractivity contribution in [3.63, 3.8) is 0 Å². The van der Waals surface area contributed by atoms with Crippen LogP contribution in [0.5, 0.6) is 0 Å². The summed E-state index contributed by atoms with van der Waals surface area (Å²) in [7, 11) is 0. The average molecular weight is 231 g/mol. The van der Waals surface area contributed by atoms with Crippen LogP contribution in [-0.2, 0) is 0 Å². The number of para-hydroxylation sites is 1. The zero-order valence-corrected chi connectivity index (χ0v) is 9.35. The predicted molar refractivity (Wildman–Crippen MR) is 64.6 cm³/mol. The molecule has 88 valence electrons. The Morgan fingerprint density at radius 3 is 2.65 bits per heavy atom. The first-order valence-corrected chi connectivity index (χ1v) is 5.77. The highest BCUT2D eigenvalue weighted by atomic mass is 16.4. The summed E-state index contributed by atoms with van der Waals surface area (Å²) >= 11 is 0. The largest absolute Gasteiger partial charge is 0.475 e. The molecule has 1 N–H and O–H groups in total. The van der Waals surface area contributed by atoms with Crippen molar-refractivity contribution in [2.45, 2.75) is 12.8 Å². The zero-order chi connectivity index (χ0) is 11.8. The molecule has 0 aliphatic carbocycles. The Kier molecular flexibility index (Phi) is 2.28. The maximum Gasteiger partial charge on any atom is 0.374 e. The molecule has 1 aromatic carbocycles. The maximum absolute atomic E-state index is 11.2. The van der Waals surface area contributed by atoms with Crippen molar-refractivity contribution in [1.82, 2.24) is 0 Å². The number of rotatable bonds is 2. The average Bonchev–Trinajstić information content (AvgIpc) is 2.94. The molecular weight excluding hydrogens is 218 g/mol. The van der Waals surface area contributed by atoms with Crippen LogP contribution in [0.3, 0.4) is 0 Å². The quantitative estimate of drug-likeness (QED) is 0.863. The third-order valence-corrected chi connectivity index (χ3v) is 3.19. The zero-order valence-electron chi connectivity index (χ0n) is 9.35. The van der Waals surface area contributed by atoms with Gasteiger partial charge in [0.25, 0.3) is 0 Å². The van der Waals surface area contributed by atoms with Crippen molar-refractivity contribution < 1.29 is 14.3 Å². The van der Waals surface area contributed by atoms with Gasteiger partial charge >= 0.3 is 5.97 Å². The number of nitrogens with zero attached hydrogens (tertiary/aromatic N) is 1. The molecule has 0 amide bonds. The molecule has 1 saturated heterocycles. The van der Waals surface area contributed by atoms with Crippen molar-refractivity contribution in [2.24, 2.45) is 0 Å². The van der Waals surface area contributed by atoms with E-state index in [0.717, 1.165) is 37.0 Å². The van der Waals surface area contributed by atoms with Crippen LogP contribution in [0.4, 0.5) is 5.69 Å². The van der Waals surface area contributed by atoms with E-state index in [-0.39, 0.29) is 5.76 Å². The van der Waals surface area contributed by atoms with Gasteiger partial charge in [-0.05, 0) is 25.0 Å². The molecule has 0 radical (unpaired) electrons. The summed E-state index contributed by atoms with van der Waals surface area (Å²) < 4.78 is 5.43. The maximum atomic E-state index is 11.2. The molecular formula is C13H13NO3. The Morgan fingerprint density at radius 2 is 1.94 bits per heavy atom. The molecule has 0 atom stereocenters. The highest BCUT2D eigenvalue weighted by molar-refractivity contribution is 6.03. The molecule has 1 aliphatic rings. The Bertz CT molecular complexity index is 567. The molecule has 1 fully saturated rings. The normalized spacial score (nSPS) is 15.6. The molecule has 0 unspecified atom stereocenters. The molecule has 3 rings (SSSR count). The number of furan rings is 1. The van der Waals surface area contributed by atoms with Crippen LogP contribution in [0.15, 0.2) is 28.7 Å². The molecule has 0 spiro atoms. The Morgan fingerprint density at radius 1 is 1.24 bits per heavy atom. The van der Waals surface area contributed by atoms with Gasteiger partial charge in [-0.1, -0.05) is 12.1 Å². The van der Waals surface area contributed by atoms with E-state index in [9.17, 15) is 9.90 Å². The Balaban J connectivity index is 2.24. The van der Waals surface area contributed by atoms with Gasteiger partial charge in [-0.15, -0.1) is 0 Å². The van der Waals surface area contributed by atoms with Crippen molar-refractivity contribution >= 4 is 22.6 Å². The number of carboxylic acid groups (broad SMARTS) is 1. The standard InChI is InChI=1S/C13H13NO3/c15-13(16)12-11(14-7-3-4-8-14)9-5-1-2-6-10(9)17-12/h1-2,5-6H,3-4,7-8H2,(H,15,16). The van der Waals surface area contributed by atoms with Crippen LogP contribution in [0, 0.1) is 0 Å². The molecule has 2 heterocycles. The fourth-order valence-corrected chi connectivity index (χ4v) is 2.43. The minimum atomic E-state index is -0.997. The van der Waals surface area contributed by atoms with E-state index in [1.807, 2.05) is 18.2 Å². The van der Waals surface area contributed by atoms with E-state index in [1.165, 1.54) is 0 Å². The number of hydrogen-bond acceptors (Lipinski definition) is 3. The van der Waals surface area contributed by atoms with E-state index < -0.39 is 5.97 Å². The third kappa shape index (κ3) is 1.56. The van der Waals surface area contributed by atoms with Gasteiger partial charge < -0.3 is 14.4 Å². The fourth-order valence-electron chi connectivity index (χ4n) is 2.43. The smallest absolute Gasteiger partial charge is 0.374 e. The topological polar surface area (TPSA) is 53.7 Å². The highest BCUT2D eigenvalue weighted by Crippen LogP contribution is 2.35. The summed E-state index contributed by atoms with van der Waals surface area (Å²) in [6.45, 7) is 1.81. The number of hydrogen-bond donors (Lipinski definition) is 1. The first kappa shape index (κ1) is 10.2. The molecule has 4 nitrogen and oxygen atoms in total. The summed E-state index contributed by atoms with van der Waals surface area (Å²) in [6, 6.07) is 7.48. The first-order valence-electron chi connectivity index (χ1n) is 5.77. The van der Waals surface area contributed by atoms with Crippen LogP contribution >= 0.6 is 0 Å². The molecule has 1 aromatic heterocycles. The number of aromatic carboxylic acids is 1. The fraction of sp³-hybridized carbons (Fsp3) is 0.308. The predicted octanol–water partition coefficient (Wildman–Crippen LogP) is 2.73. The van der Waals surface area contributed by atoms with Crippen LogP contribution < -0.4 is 4.90 Å². The van der Waals surface area contributed by atoms with E-state index in [0.29, 0.717) is 5.58 Å². The highest BCUT2D eigenvalue weighted by Gasteiger charge is 2.25.